The van der Waals surface area contributed by atoms with Crippen molar-refractivity contribution in [3.63, 3.8) is 0 Å². The second-order valence-corrected chi connectivity index (χ2v) is 4.82. The van der Waals surface area contributed by atoms with E-state index in [1.807, 2.05) is 6.26 Å². The van der Waals surface area contributed by atoms with Crippen LogP contribution in [0, 0.1) is 0 Å². The van der Waals surface area contributed by atoms with Crippen molar-refractivity contribution in [2.45, 2.75) is 25.1 Å². The standard InChI is InChI=1S/C10H18F3NOS/c1-16-8-9(2-3-10(11,12)13)14-4-6-15-7-5-14/h9H,2-8H2,1H3. The molecule has 1 heterocycles. The van der Waals surface area contributed by atoms with Gasteiger partial charge in [-0.15, -0.1) is 0 Å². The molecule has 0 aromatic carbocycles. The summed E-state index contributed by atoms with van der Waals surface area (Å²) in [6, 6.07) is 0.0283. The van der Waals surface area contributed by atoms with Crippen LogP contribution in [-0.4, -0.2) is 55.4 Å². The van der Waals surface area contributed by atoms with Crippen LogP contribution < -0.4 is 0 Å². The van der Waals surface area contributed by atoms with E-state index in [0.29, 0.717) is 13.2 Å². The molecule has 0 radical (unpaired) electrons. The van der Waals surface area contributed by atoms with Crippen LogP contribution in [-0.2, 0) is 4.74 Å². The Morgan fingerprint density at radius 3 is 2.44 bits per heavy atom. The molecule has 1 rings (SSSR count). The van der Waals surface area contributed by atoms with Gasteiger partial charge in [0, 0.05) is 31.3 Å². The molecule has 0 bridgehead atoms. The van der Waals surface area contributed by atoms with E-state index in [9.17, 15) is 13.2 Å². The Hall–Kier alpha value is 0.0600. The molecule has 1 saturated heterocycles. The number of hydrogen-bond donors (Lipinski definition) is 0. The first-order chi connectivity index (χ1) is 7.53. The molecule has 96 valence electrons. The maximum Gasteiger partial charge on any atom is 0.389 e. The zero-order valence-electron chi connectivity index (χ0n) is 9.42. The van der Waals surface area contributed by atoms with E-state index in [1.165, 1.54) is 0 Å². The van der Waals surface area contributed by atoms with E-state index in [2.05, 4.69) is 4.90 Å². The van der Waals surface area contributed by atoms with E-state index < -0.39 is 12.6 Å². The summed E-state index contributed by atoms with van der Waals surface area (Å²) in [5.41, 5.74) is 0. The Kier molecular flexibility index (Phi) is 5.92. The number of rotatable bonds is 5. The highest BCUT2D eigenvalue weighted by Crippen LogP contribution is 2.25. The van der Waals surface area contributed by atoms with E-state index in [-0.39, 0.29) is 12.5 Å². The number of alkyl halides is 3. The van der Waals surface area contributed by atoms with Crippen molar-refractivity contribution < 1.29 is 17.9 Å². The highest BCUT2D eigenvalue weighted by atomic mass is 32.2. The van der Waals surface area contributed by atoms with Gasteiger partial charge in [-0.1, -0.05) is 0 Å². The van der Waals surface area contributed by atoms with Crippen LogP contribution in [0.15, 0.2) is 0 Å². The van der Waals surface area contributed by atoms with Crippen molar-refractivity contribution in [3.8, 4) is 0 Å². The molecule has 1 aliphatic heterocycles. The zero-order valence-corrected chi connectivity index (χ0v) is 10.2. The second kappa shape index (κ2) is 6.71. The summed E-state index contributed by atoms with van der Waals surface area (Å²) in [6.45, 7) is 2.78. The number of ether oxygens (including phenoxy) is 1. The summed E-state index contributed by atoms with van der Waals surface area (Å²) in [4.78, 5) is 2.12. The topological polar surface area (TPSA) is 12.5 Å². The molecular formula is C10H18F3NOS. The Bertz CT molecular complexity index is 195. The predicted octanol–water partition coefficient (Wildman–Crippen LogP) is 2.39. The van der Waals surface area contributed by atoms with Crippen molar-refractivity contribution >= 4 is 11.8 Å². The Labute approximate surface area is 98.5 Å². The molecule has 16 heavy (non-hydrogen) atoms. The molecule has 1 aliphatic rings. The lowest BCUT2D eigenvalue weighted by Gasteiger charge is -2.34. The number of morpholine rings is 1. The van der Waals surface area contributed by atoms with Crippen molar-refractivity contribution in [3.05, 3.63) is 0 Å². The fraction of sp³-hybridized carbons (Fsp3) is 1.00. The van der Waals surface area contributed by atoms with Crippen molar-refractivity contribution in [2.75, 3.05) is 38.3 Å². The molecule has 2 nitrogen and oxygen atoms in total. The van der Waals surface area contributed by atoms with Gasteiger partial charge in [-0.2, -0.15) is 24.9 Å². The van der Waals surface area contributed by atoms with Crippen molar-refractivity contribution in [1.82, 2.24) is 4.90 Å². The molecule has 1 atom stereocenters. The average molecular weight is 257 g/mol. The van der Waals surface area contributed by atoms with Gasteiger partial charge in [-0.3, -0.25) is 4.90 Å². The van der Waals surface area contributed by atoms with E-state index in [1.54, 1.807) is 11.8 Å². The van der Waals surface area contributed by atoms with Crippen molar-refractivity contribution in [1.29, 1.82) is 0 Å². The number of nitrogens with zero attached hydrogens (tertiary/aromatic N) is 1. The van der Waals surface area contributed by atoms with Crippen LogP contribution >= 0.6 is 11.8 Å². The van der Waals surface area contributed by atoms with E-state index in [0.717, 1.165) is 18.8 Å². The smallest absolute Gasteiger partial charge is 0.379 e. The summed E-state index contributed by atoms with van der Waals surface area (Å²) in [5, 5.41) is 0. The Balaban J connectivity index is 2.39. The van der Waals surface area contributed by atoms with Crippen LogP contribution in [0.2, 0.25) is 0 Å². The minimum absolute atomic E-state index is 0.0283. The molecule has 6 heteroatoms. The first-order valence-corrected chi connectivity index (χ1v) is 6.80. The largest absolute Gasteiger partial charge is 0.389 e. The highest BCUT2D eigenvalue weighted by molar-refractivity contribution is 7.98. The molecule has 0 spiro atoms. The normalized spacial score (nSPS) is 21.0. The average Bonchev–Trinajstić information content (AvgIpc) is 2.24. The minimum Gasteiger partial charge on any atom is -0.379 e. The summed E-state index contributed by atoms with van der Waals surface area (Å²) >= 11 is 1.60. The van der Waals surface area contributed by atoms with Crippen LogP contribution in [0.4, 0.5) is 13.2 Å². The summed E-state index contributed by atoms with van der Waals surface area (Å²) in [5.74, 6) is 0.760. The molecule has 0 amide bonds. The quantitative estimate of drug-likeness (QED) is 0.750. The third kappa shape index (κ3) is 5.41. The van der Waals surface area contributed by atoms with Gasteiger partial charge in [0.05, 0.1) is 13.2 Å². The van der Waals surface area contributed by atoms with Gasteiger partial charge in [0.2, 0.25) is 0 Å². The predicted molar refractivity (Wildman–Crippen MR) is 59.9 cm³/mol. The van der Waals surface area contributed by atoms with Crippen LogP contribution in [0.25, 0.3) is 0 Å². The second-order valence-electron chi connectivity index (χ2n) is 3.91. The summed E-state index contributed by atoms with van der Waals surface area (Å²) in [6.07, 6.45) is -2.59. The van der Waals surface area contributed by atoms with Gasteiger partial charge in [-0.05, 0) is 12.7 Å². The number of hydrogen-bond acceptors (Lipinski definition) is 3. The molecule has 0 N–H and O–H groups in total. The van der Waals surface area contributed by atoms with Gasteiger partial charge in [0.1, 0.15) is 0 Å². The monoisotopic (exact) mass is 257 g/mol. The Morgan fingerprint density at radius 1 is 1.31 bits per heavy atom. The van der Waals surface area contributed by atoms with Gasteiger partial charge in [-0.25, -0.2) is 0 Å². The van der Waals surface area contributed by atoms with Gasteiger partial charge < -0.3 is 4.74 Å². The SMILES string of the molecule is CSCC(CCC(F)(F)F)N1CCOCC1. The number of halogens is 3. The molecule has 0 aliphatic carbocycles. The van der Waals surface area contributed by atoms with Crippen LogP contribution in [0.3, 0.4) is 0 Å². The molecule has 1 unspecified atom stereocenters. The first kappa shape index (κ1) is 14.1. The van der Waals surface area contributed by atoms with Gasteiger partial charge in [0.25, 0.3) is 0 Å². The zero-order chi connectivity index (χ0) is 12.0. The fourth-order valence-electron chi connectivity index (χ4n) is 1.84. The third-order valence-electron chi connectivity index (χ3n) is 2.68. The molecule has 1 fully saturated rings. The molecule has 0 saturated carbocycles. The lowest BCUT2D eigenvalue weighted by molar-refractivity contribution is -0.138. The van der Waals surface area contributed by atoms with E-state index >= 15 is 0 Å². The summed E-state index contributed by atoms with van der Waals surface area (Å²) in [7, 11) is 0. The maximum atomic E-state index is 12.2. The first-order valence-electron chi connectivity index (χ1n) is 5.40. The molecule has 0 aromatic heterocycles. The van der Waals surface area contributed by atoms with Gasteiger partial charge in [0.15, 0.2) is 0 Å². The number of thioether (sulfide) groups is 1. The fourth-order valence-corrected chi connectivity index (χ4v) is 2.60. The van der Waals surface area contributed by atoms with Crippen LogP contribution in [0.1, 0.15) is 12.8 Å². The lowest BCUT2D eigenvalue weighted by atomic mass is 10.1. The molecular weight excluding hydrogens is 239 g/mol. The highest BCUT2D eigenvalue weighted by Gasteiger charge is 2.30. The van der Waals surface area contributed by atoms with Gasteiger partial charge >= 0.3 is 6.18 Å². The summed E-state index contributed by atoms with van der Waals surface area (Å²) < 4.78 is 41.7. The minimum atomic E-state index is -4.04. The maximum absolute atomic E-state index is 12.2. The van der Waals surface area contributed by atoms with Crippen LogP contribution in [0.5, 0.6) is 0 Å². The molecule has 0 aromatic rings. The van der Waals surface area contributed by atoms with Crippen molar-refractivity contribution in [2.24, 2.45) is 0 Å². The van der Waals surface area contributed by atoms with E-state index in [4.69, 9.17) is 4.74 Å². The lowest BCUT2D eigenvalue weighted by Crippen LogP contribution is -2.45. The Morgan fingerprint density at radius 2 is 1.94 bits per heavy atom. The third-order valence-corrected chi connectivity index (χ3v) is 3.40.